The Morgan fingerprint density at radius 1 is 1.38 bits per heavy atom. The zero-order valence-electron chi connectivity index (χ0n) is 11.8. The summed E-state index contributed by atoms with van der Waals surface area (Å²) in [6, 6.07) is 4.70. The molecule has 0 unspecified atom stereocenters. The lowest BCUT2D eigenvalue weighted by molar-refractivity contribution is -0.384. The molecule has 21 heavy (non-hydrogen) atoms. The number of carbonyl (C=O) groups is 1. The molecule has 0 saturated carbocycles. The minimum Gasteiger partial charge on any atom is -0.394 e. The molecule has 0 bridgehead atoms. The van der Waals surface area contributed by atoms with Crippen molar-refractivity contribution in [1.29, 1.82) is 0 Å². The quantitative estimate of drug-likeness (QED) is 0.394. The molecule has 0 aromatic heterocycles. The molecule has 114 valence electrons. The first-order chi connectivity index (χ1) is 9.85. The zero-order valence-corrected chi connectivity index (χ0v) is 11.8. The van der Waals surface area contributed by atoms with Crippen LogP contribution in [0.15, 0.2) is 36.0 Å². The number of nitro groups is 1. The van der Waals surface area contributed by atoms with Crippen LogP contribution in [0.5, 0.6) is 0 Å². The van der Waals surface area contributed by atoms with E-state index in [0.29, 0.717) is 11.3 Å². The smallest absolute Gasteiger partial charge is 0.269 e. The number of nitrogens with one attached hydrogen (secondary N) is 1. The number of ketones is 1. The van der Waals surface area contributed by atoms with Gasteiger partial charge in [0.25, 0.3) is 5.69 Å². The summed E-state index contributed by atoms with van der Waals surface area (Å²) < 4.78 is 0. The van der Waals surface area contributed by atoms with Crippen LogP contribution < -0.4 is 5.32 Å². The number of rotatable bonds is 7. The van der Waals surface area contributed by atoms with Gasteiger partial charge in [-0.3, -0.25) is 14.9 Å². The van der Waals surface area contributed by atoms with E-state index in [1.54, 1.807) is 6.92 Å². The molecule has 0 heterocycles. The summed E-state index contributed by atoms with van der Waals surface area (Å²) >= 11 is 0. The van der Waals surface area contributed by atoms with Crippen molar-refractivity contribution in [2.75, 3.05) is 6.61 Å². The Balaban J connectivity index is 2.85. The summed E-state index contributed by atoms with van der Waals surface area (Å²) in [7, 11) is 0. The topological polar surface area (TPSA) is 113 Å². The predicted molar refractivity (Wildman–Crippen MR) is 76.5 cm³/mol. The zero-order chi connectivity index (χ0) is 16.0. The highest BCUT2D eigenvalue weighted by molar-refractivity contribution is 5.87. The van der Waals surface area contributed by atoms with Gasteiger partial charge < -0.3 is 15.5 Å². The van der Waals surface area contributed by atoms with Crippen molar-refractivity contribution in [2.45, 2.75) is 26.0 Å². The van der Waals surface area contributed by atoms with Gasteiger partial charge in [-0.2, -0.15) is 0 Å². The third kappa shape index (κ3) is 4.97. The summed E-state index contributed by atoms with van der Waals surface area (Å²) in [6.07, 6.45) is 0.289. The normalized spacial score (nSPS) is 14.4. The molecule has 2 atom stereocenters. The predicted octanol–water partition coefficient (Wildman–Crippen LogP) is 1.07. The molecular formula is C14H18N2O5. The van der Waals surface area contributed by atoms with Crippen LogP contribution in [0.2, 0.25) is 0 Å². The fourth-order valence-corrected chi connectivity index (χ4v) is 1.89. The van der Waals surface area contributed by atoms with Gasteiger partial charge >= 0.3 is 0 Å². The number of hydrogen-bond acceptors (Lipinski definition) is 6. The van der Waals surface area contributed by atoms with Gasteiger partial charge in [-0.15, -0.1) is 0 Å². The number of aliphatic hydroxyl groups excluding tert-OH is 2. The lowest BCUT2D eigenvalue weighted by Gasteiger charge is -2.23. The van der Waals surface area contributed by atoms with Crippen LogP contribution in [-0.4, -0.2) is 33.6 Å². The van der Waals surface area contributed by atoms with Crippen LogP contribution in [0.1, 0.15) is 25.5 Å². The molecule has 7 nitrogen and oxygen atoms in total. The lowest BCUT2D eigenvalue weighted by Crippen LogP contribution is -2.37. The largest absolute Gasteiger partial charge is 0.394 e. The van der Waals surface area contributed by atoms with Gasteiger partial charge in [0, 0.05) is 17.8 Å². The molecule has 0 amide bonds. The molecule has 0 aliphatic heterocycles. The average Bonchev–Trinajstić information content (AvgIpc) is 2.43. The molecular weight excluding hydrogens is 276 g/mol. The number of benzene rings is 1. The molecule has 0 aliphatic rings. The minimum atomic E-state index is -1.06. The van der Waals surface area contributed by atoms with Gasteiger partial charge in [0.15, 0.2) is 5.78 Å². The molecule has 7 heteroatoms. The first-order valence-electron chi connectivity index (χ1n) is 6.33. The van der Waals surface area contributed by atoms with Gasteiger partial charge in [-0.05, 0) is 37.6 Å². The van der Waals surface area contributed by atoms with Crippen LogP contribution in [-0.2, 0) is 4.79 Å². The fourth-order valence-electron chi connectivity index (χ4n) is 1.89. The van der Waals surface area contributed by atoms with Crippen LogP contribution in [0.4, 0.5) is 5.69 Å². The van der Waals surface area contributed by atoms with Crippen LogP contribution in [0.25, 0.3) is 0 Å². The number of nitro benzene ring substituents is 1. The van der Waals surface area contributed by atoms with Gasteiger partial charge in [-0.25, -0.2) is 0 Å². The van der Waals surface area contributed by atoms with E-state index in [1.165, 1.54) is 37.3 Å². The SMILES string of the molecule is CC(=O)/C=C(/C)N[C@@H](CO)[C@@H](O)c1ccc([N+](=O)[O-])cc1. The van der Waals surface area contributed by atoms with E-state index in [2.05, 4.69) is 5.32 Å². The maximum atomic E-state index is 11.0. The maximum absolute atomic E-state index is 11.0. The Morgan fingerprint density at radius 2 is 1.95 bits per heavy atom. The Bertz CT molecular complexity index is 539. The number of hydrogen-bond donors (Lipinski definition) is 3. The van der Waals surface area contributed by atoms with Crippen molar-refractivity contribution in [2.24, 2.45) is 0 Å². The van der Waals surface area contributed by atoms with E-state index in [0.717, 1.165) is 0 Å². The molecule has 1 aromatic rings. The van der Waals surface area contributed by atoms with Crippen LogP contribution >= 0.6 is 0 Å². The molecule has 0 spiro atoms. The Morgan fingerprint density at radius 3 is 2.38 bits per heavy atom. The molecule has 0 saturated heterocycles. The third-order valence-corrected chi connectivity index (χ3v) is 2.86. The molecule has 0 radical (unpaired) electrons. The lowest BCUT2D eigenvalue weighted by atomic mass is 10.0. The summed E-state index contributed by atoms with van der Waals surface area (Å²) in [4.78, 5) is 21.0. The van der Waals surface area contributed by atoms with Crippen molar-refractivity contribution >= 4 is 11.5 Å². The maximum Gasteiger partial charge on any atom is 0.269 e. The number of carbonyl (C=O) groups excluding carboxylic acids is 1. The van der Waals surface area contributed by atoms with Gasteiger partial charge in [0.05, 0.1) is 17.6 Å². The van der Waals surface area contributed by atoms with Crippen LogP contribution in [0.3, 0.4) is 0 Å². The Labute approximate surface area is 122 Å². The fraction of sp³-hybridized carbons (Fsp3) is 0.357. The highest BCUT2D eigenvalue weighted by atomic mass is 16.6. The van der Waals surface area contributed by atoms with Crippen LogP contribution in [0, 0.1) is 10.1 Å². The molecule has 1 aromatic carbocycles. The van der Waals surface area contributed by atoms with Crippen molar-refractivity contribution < 1.29 is 19.9 Å². The molecule has 0 fully saturated rings. The second-order valence-corrected chi connectivity index (χ2v) is 4.66. The summed E-state index contributed by atoms with van der Waals surface area (Å²) in [5.74, 6) is -0.151. The monoisotopic (exact) mass is 294 g/mol. The first kappa shape index (κ1) is 16.8. The van der Waals surface area contributed by atoms with E-state index in [1.807, 2.05) is 0 Å². The van der Waals surface area contributed by atoms with Gasteiger partial charge in [-0.1, -0.05) is 0 Å². The number of non-ortho nitro benzene ring substituents is 1. The van der Waals surface area contributed by atoms with Crippen molar-refractivity contribution in [3.63, 3.8) is 0 Å². The van der Waals surface area contributed by atoms with Gasteiger partial charge in [0.1, 0.15) is 6.10 Å². The van der Waals surface area contributed by atoms with E-state index < -0.39 is 17.1 Å². The molecule has 0 aliphatic carbocycles. The second kappa shape index (κ2) is 7.51. The molecule has 1 rings (SSSR count). The Kier molecular flexibility index (Phi) is 6.01. The van der Waals surface area contributed by atoms with E-state index in [4.69, 9.17) is 0 Å². The standard InChI is InChI=1S/C14H18N2O5/c1-9(7-10(2)18)15-13(8-17)14(19)11-3-5-12(6-4-11)16(20)21/h3-7,13-15,17,19H,8H2,1-2H3/b9-7-/t13-,14-/m0/s1. The summed E-state index contributed by atoms with van der Waals surface area (Å²) in [5, 5.41) is 32.9. The van der Waals surface area contributed by atoms with E-state index in [-0.39, 0.29) is 18.1 Å². The summed E-state index contributed by atoms with van der Waals surface area (Å²) in [6.45, 7) is 2.68. The van der Waals surface area contributed by atoms with Crippen molar-refractivity contribution in [3.8, 4) is 0 Å². The number of nitrogens with zero attached hydrogens (tertiary/aromatic N) is 1. The van der Waals surface area contributed by atoms with Crippen molar-refractivity contribution in [3.05, 3.63) is 51.7 Å². The summed E-state index contributed by atoms with van der Waals surface area (Å²) in [5.41, 5.74) is 0.873. The number of aliphatic hydroxyl groups is 2. The van der Waals surface area contributed by atoms with E-state index in [9.17, 15) is 25.1 Å². The molecule has 3 N–H and O–H groups in total. The first-order valence-corrected chi connectivity index (χ1v) is 6.33. The highest BCUT2D eigenvalue weighted by Gasteiger charge is 2.21. The Hall–Kier alpha value is -2.25. The number of allylic oxidation sites excluding steroid dienone is 2. The van der Waals surface area contributed by atoms with Crippen molar-refractivity contribution in [1.82, 2.24) is 5.32 Å². The minimum absolute atomic E-state index is 0.0767. The average molecular weight is 294 g/mol. The third-order valence-electron chi connectivity index (χ3n) is 2.86. The second-order valence-electron chi connectivity index (χ2n) is 4.66. The van der Waals surface area contributed by atoms with Gasteiger partial charge in [0.2, 0.25) is 0 Å². The van der Waals surface area contributed by atoms with E-state index >= 15 is 0 Å². The highest BCUT2D eigenvalue weighted by Crippen LogP contribution is 2.20.